The minimum atomic E-state index is -0.530. The molecule has 0 amide bonds. The zero-order valence-corrected chi connectivity index (χ0v) is 10.5. The van der Waals surface area contributed by atoms with Crippen molar-refractivity contribution in [1.29, 1.82) is 0 Å². The number of fused-ring (bicyclic) bond motifs is 1. The average molecular weight is 261 g/mol. The summed E-state index contributed by atoms with van der Waals surface area (Å²) in [7, 11) is 0. The van der Waals surface area contributed by atoms with Crippen molar-refractivity contribution in [3.8, 4) is 5.75 Å². The van der Waals surface area contributed by atoms with Crippen LogP contribution in [0, 0.1) is 0 Å². The quantitative estimate of drug-likeness (QED) is 0.843. The number of halogens is 1. The first-order valence-corrected chi connectivity index (χ1v) is 6.31. The van der Waals surface area contributed by atoms with E-state index >= 15 is 0 Å². The van der Waals surface area contributed by atoms with E-state index in [0.717, 1.165) is 11.1 Å². The van der Waals surface area contributed by atoms with Crippen LogP contribution >= 0.6 is 11.6 Å². The Labute approximate surface area is 111 Å². The summed E-state index contributed by atoms with van der Waals surface area (Å²) in [6.45, 7) is 0. The van der Waals surface area contributed by atoms with Gasteiger partial charge in [-0.1, -0.05) is 54.1 Å². The van der Waals surface area contributed by atoms with E-state index < -0.39 is 6.10 Å². The van der Waals surface area contributed by atoms with Gasteiger partial charge in [0.2, 0.25) is 0 Å². The molecular formula is C15H13ClO2. The largest absolute Gasteiger partial charge is 0.484 e. The fourth-order valence-corrected chi connectivity index (χ4v) is 2.53. The molecule has 2 atom stereocenters. The Morgan fingerprint density at radius 2 is 1.83 bits per heavy atom. The van der Waals surface area contributed by atoms with Gasteiger partial charge in [0, 0.05) is 12.0 Å². The summed E-state index contributed by atoms with van der Waals surface area (Å²) in [6.07, 6.45) is -0.122. The Morgan fingerprint density at radius 1 is 1.06 bits per heavy atom. The van der Waals surface area contributed by atoms with Crippen LogP contribution in [-0.4, -0.2) is 5.11 Å². The monoisotopic (exact) mass is 260 g/mol. The zero-order chi connectivity index (χ0) is 12.5. The summed E-state index contributed by atoms with van der Waals surface area (Å²) in [4.78, 5) is 0. The number of rotatable bonds is 1. The van der Waals surface area contributed by atoms with Crippen molar-refractivity contribution >= 4 is 11.6 Å². The zero-order valence-electron chi connectivity index (χ0n) is 9.71. The summed E-state index contributed by atoms with van der Waals surface area (Å²) in [5.74, 6) is 0.603. The summed E-state index contributed by atoms with van der Waals surface area (Å²) in [5.41, 5.74) is 1.83. The van der Waals surface area contributed by atoms with Crippen molar-refractivity contribution in [2.75, 3.05) is 0 Å². The molecule has 0 spiro atoms. The van der Waals surface area contributed by atoms with Crippen molar-refractivity contribution in [2.45, 2.75) is 18.6 Å². The van der Waals surface area contributed by atoms with E-state index in [4.69, 9.17) is 16.3 Å². The predicted octanol–water partition coefficient (Wildman–Crippen LogP) is 3.90. The molecule has 3 rings (SSSR count). The molecule has 1 N–H and O–H groups in total. The van der Waals surface area contributed by atoms with Gasteiger partial charge in [-0.3, -0.25) is 0 Å². The molecule has 0 aliphatic carbocycles. The molecule has 0 aromatic heterocycles. The van der Waals surface area contributed by atoms with Gasteiger partial charge in [0.1, 0.15) is 11.9 Å². The lowest BCUT2D eigenvalue weighted by Gasteiger charge is -2.30. The fraction of sp³-hybridized carbons (Fsp3) is 0.200. The highest BCUT2D eigenvalue weighted by molar-refractivity contribution is 6.32. The second-order valence-corrected chi connectivity index (χ2v) is 4.83. The van der Waals surface area contributed by atoms with E-state index in [1.807, 2.05) is 42.5 Å². The van der Waals surface area contributed by atoms with Crippen LogP contribution in [0.25, 0.3) is 0 Å². The maximum absolute atomic E-state index is 10.2. The van der Waals surface area contributed by atoms with Crippen molar-refractivity contribution in [2.24, 2.45) is 0 Å². The summed E-state index contributed by atoms with van der Waals surface area (Å²) >= 11 is 6.12. The Hall–Kier alpha value is -1.51. The second-order valence-electron chi connectivity index (χ2n) is 4.43. The Bertz CT molecular complexity index is 554. The molecule has 1 aliphatic rings. The number of hydrogen-bond acceptors (Lipinski definition) is 2. The van der Waals surface area contributed by atoms with Crippen molar-refractivity contribution in [3.63, 3.8) is 0 Å². The topological polar surface area (TPSA) is 29.5 Å². The van der Waals surface area contributed by atoms with Gasteiger partial charge in [-0.15, -0.1) is 0 Å². The van der Waals surface area contributed by atoms with Crippen LogP contribution in [0.2, 0.25) is 5.02 Å². The number of para-hydroxylation sites is 1. The lowest BCUT2D eigenvalue weighted by molar-refractivity contribution is 0.0658. The number of hydrogen-bond donors (Lipinski definition) is 1. The van der Waals surface area contributed by atoms with Gasteiger partial charge in [0.05, 0.1) is 11.1 Å². The molecular weight excluding hydrogens is 248 g/mol. The lowest BCUT2D eigenvalue weighted by Crippen LogP contribution is -2.19. The highest BCUT2D eigenvalue weighted by Gasteiger charge is 2.29. The smallest absolute Gasteiger partial charge is 0.144 e. The molecule has 0 saturated carbocycles. The number of benzene rings is 2. The van der Waals surface area contributed by atoms with Crippen LogP contribution in [0.5, 0.6) is 5.75 Å². The maximum atomic E-state index is 10.2. The Morgan fingerprint density at radius 3 is 2.61 bits per heavy atom. The standard InChI is InChI=1S/C15H13ClO2/c16-12-8-4-7-11-13(17)9-14(18-15(11)12)10-5-2-1-3-6-10/h1-8,13-14,17H,9H2/t13-,14-/m1/s1. The molecule has 0 fully saturated rings. The van der Waals surface area contributed by atoms with Gasteiger partial charge in [-0.05, 0) is 11.6 Å². The van der Waals surface area contributed by atoms with Crippen LogP contribution in [0.3, 0.4) is 0 Å². The van der Waals surface area contributed by atoms with E-state index in [9.17, 15) is 5.11 Å². The molecule has 92 valence electrons. The molecule has 0 unspecified atom stereocenters. The van der Waals surface area contributed by atoms with Crippen LogP contribution in [-0.2, 0) is 0 Å². The van der Waals surface area contributed by atoms with Crippen molar-refractivity contribution in [3.05, 3.63) is 64.7 Å². The van der Waals surface area contributed by atoms with E-state index in [1.165, 1.54) is 0 Å². The third-order valence-electron chi connectivity index (χ3n) is 3.23. The number of aliphatic hydroxyl groups excluding tert-OH is 1. The van der Waals surface area contributed by atoms with Crippen LogP contribution in [0.15, 0.2) is 48.5 Å². The molecule has 3 heteroatoms. The minimum absolute atomic E-state index is 0.145. The Kier molecular flexibility index (Phi) is 2.98. The molecule has 0 bridgehead atoms. The molecule has 2 nitrogen and oxygen atoms in total. The molecule has 2 aromatic carbocycles. The Balaban J connectivity index is 1.99. The third-order valence-corrected chi connectivity index (χ3v) is 3.52. The fourth-order valence-electron chi connectivity index (χ4n) is 2.30. The van der Waals surface area contributed by atoms with E-state index in [2.05, 4.69) is 0 Å². The van der Waals surface area contributed by atoms with Gasteiger partial charge in [0.25, 0.3) is 0 Å². The average Bonchev–Trinajstić information content (AvgIpc) is 2.41. The van der Waals surface area contributed by atoms with E-state index in [1.54, 1.807) is 6.07 Å². The minimum Gasteiger partial charge on any atom is -0.484 e. The molecule has 2 aromatic rings. The SMILES string of the molecule is O[C@@H]1C[C@H](c2ccccc2)Oc2c(Cl)cccc21. The summed E-state index contributed by atoms with van der Waals surface area (Å²) in [5, 5.41) is 10.7. The van der Waals surface area contributed by atoms with Gasteiger partial charge in [0.15, 0.2) is 0 Å². The van der Waals surface area contributed by atoms with E-state index in [0.29, 0.717) is 17.2 Å². The van der Waals surface area contributed by atoms with Gasteiger partial charge < -0.3 is 9.84 Å². The van der Waals surface area contributed by atoms with Crippen molar-refractivity contribution < 1.29 is 9.84 Å². The first kappa shape index (κ1) is 11.6. The molecule has 18 heavy (non-hydrogen) atoms. The summed E-state index contributed by atoms with van der Waals surface area (Å²) < 4.78 is 5.93. The molecule has 1 heterocycles. The first-order valence-electron chi connectivity index (χ1n) is 5.94. The van der Waals surface area contributed by atoms with Crippen molar-refractivity contribution in [1.82, 2.24) is 0 Å². The third kappa shape index (κ3) is 1.98. The van der Waals surface area contributed by atoms with Crippen LogP contribution in [0.1, 0.15) is 29.8 Å². The number of ether oxygens (including phenoxy) is 1. The highest BCUT2D eigenvalue weighted by atomic mass is 35.5. The van der Waals surface area contributed by atoms with Gasteiger partial charge in [-0.25, -0.2) is 0 Å². The van der Waals surface area contributed by atoms with Gasteiger partial charge >= 0.3 is 0 Å². The lowest BCUT2D eigenvalue weighted by atomic mass is 9.95. The van der Waals surface area contributed by atoms with E-state index in [-0.39, 0.29) is 6.10 Å². The summed E-state index contributed by atoms with van der Waals surface area (Å²) in [6, 6.07) is 15.4. The molecule has 1 aliphatic heterocycles. The normalized spacial score (nSPS) is 22.1. The van der Waals surface area contributed by atoms with Crippen LogP contribution in [0.4, 0.5) is 0 Å². The highest BCUT2D eigenvalue weighted by Crippen LogP contribution is 2.44. The first-order chi connectivity index (χ1) is 8.75. The van der Waals surface area contributed by atoms with Gasteiger partial charge in [-0.2, -0.15) is 0 Å². The van der Waals surface area contributed by atoms with Crippen LogP contribution < -0.4 is 4.74 Å². The molecule has 0 saturated heterocycles. The predicted molar refractivity (Wildman–Crippen MR) is 70.8 cm³/mol. The maximum Gasteiger partial charge on any atom is 0.144 e. The second kappa shape index (κ2) is 4.63. The molecule has 0 radical (unpaired) electrons. The number of aliphatic hydroxyl groups is 1.